The number of amides is 2. The molecule has 1 saturated heterocycles. The van der Waals surface area contributed by atoms with E-state index in [0.717, 1.165) is 17.7 Å². The summed E-state index contributed by atoms with van der Waals surface area (Å²) in [5.74, 6) is -0.653. The van der Waals surface area contributed by atoms with E-state index >= 15 is 0 Å². The van der Waals surface area contributed by atoms with Crippen LogP contribution in [0.25, 0.3) is 0 Å². The second-order valence-corrected chi connectivity index (χ2v) is 8.97. The number of nitrogens with zero attached hydrogens (tertiary/aromatic N) is 2. The molecule has 1 aliphatic rings. The van der Waals surface area contributed by atoms with Crippen LogP contribution in [0.2, 0.25) is 5.02 Å². The highest BCUT2D eigenvalue weighted by atomic mass is 35.5. The quantitative estimate of drug-likeness (QED) is 0.426. The molecule has 2 amide bonds. The molecule has 0 N–H and O–H groups in total. The first-order chi connectivity index (χ1) is 16.7. The van der Waals surface area contributed by atoms with Gasteiger partial charge in [0.2, 0.25) is 5.91 Å². The third-order valence-corrected chi connectivity index (χ3v) is 6.46. The van der Waals surface area contributed by atoms with Crippen molar-refractivity contribution in [2.75, 3.05) is 13.1 Å². The van der Waals surface area contributed by atoms with Gasteiger partial charge in [-0.2, -0.15) is 13.2 Å². The fourth-order valence-electron chi connectivity index (χ4n) is 4.32. The molecule has 8 heteroatoms. The number of alkyl halides is 3. The Morgan fingerprint density at radius 3 is 2.34 bits per heavy atom. The van der Waals surface area contributed by atoms with Gasteiger partial charge in [0.15, 0.2) is 0 Å². The van der Waals surface area contributed by atoms with Crippen LogP contribution in [-0.4, -0.2) is 40.7 Å². The molecule has 0 radical (unpaired) electrons. The summed E-state index contributed by atoms with van der Waals surface area (Å²) < 4.78 is 39.6. The van der Waals surface area contributed by atoms with Crippen LogP contribution in [0.1, 0.15) is 33.5 Å². The Labute approximate surface area is 206 Å². The molecule has 3 aromatic rings. The molecule has 0 saturated carbocycles. The molecule has 0 aliphatic carbocycles. The van der Waals surface area contributed by atoms with Gasteiger partial charge in [-0.25, -0.2) is 0 Å². The lowest BCUT2D eigenvalue weighted by atomic mass is 9.99. The highest BCUT2D eigenvalue weighted by Gasteiger charge is 2.36. The van der Waals surface area contributed by atoms with Crippen molar-refractivity contribution in [1.29, 1.82) is 0 Å². The van der Waals surface area contributed by atoms with E-state index in [0.29, 0.717) is 29.0 Å². The maximum Gasteiger partial charge on any atom is 0.416 e. The van der Waals surface area contributed by atoms with Gasteiger partial charge in [0.25, 0.3) is 5.91 Å². The van der Waals surface area contributed by atoms with E-state index in [1.165, 1.54) is 11.0 Å². The van der Waals surface area contributed by atoms with Crippen LogP contribution in [0.3, 0.4) is 0 Å². The van der Waals surface area contributed by atoms with Gasteiger partial charge in [-0.3, -0.25) is 9.59 Å². The lowest BCUT2D eigenvalue weighted by molar-refractivity contribution is -0.139. The molecule has 0 spiro atoms. The second kappa shape index (κ2) is 10.5. The Kier molecular flexibility index (Phi) is 7.45. The lowest BCUT2D eigenvalue weighted by Crippen LogP contribution is -2.57. The van der Waals surface area contributed by atoms with Crippen LogP contribution in [0.15, 0.2) is 78.9 Å². The first-order valence-corrected chi connectivity index (χ1v) is 11.6. The van der Waals surface area contributed by atoms with Gasteiger partial charge in [-0.15, -0.1) is 0 Å². The zero-order valence-corrected chi connectivity index (χ0v) is 19.6. The molecule has 4 nitrogen and oxygen atoms in total. The van der Waals surface area contributed by atoms with Gasteiger partial charge in [0.05, 0.1) is 22.2 Å². The smallest absolute Gasteiger partial charge is 0.332 e. The Bertz CT molecular complexity index is 1200. The van der Waals surface area contributed by atoms with Crippen molar-refractivity contribution < 1.29 is 22.8 Å². The molecule has 1 heterocycles. The van der Waals surface area contributed by atoms with Gasteiger partial charge >= 0.3 is 6.18 Å². The maximum atomic E-state index is 13.2. The van der Waals surface area contributed by atoms with Gasteiger partial charge in [0, 0.05) is 13.1 Å². The van der Waals surface area contributed by atoms with E-state index in [4.69, 9.17) is 11.6 Å². The molecule has 1 fully saturated rings. The zero-order chi connectivity index (χ0) is 25.0. The van der Waals surface area contributed by atoms with Crippen LogP contribution in [0.5, 0.6) is 0 Å². The largest absolute Gasteiger partial charge is 0.416 e. The molecule has 3 aromatic carbocycles. The molecule has 35 heavy (non-hydrogen) atoms. The summed E-state index contributed by atoms with van der Waals surface area (Å²) in [7, 11) is 0. The average Bonchev–Trinajstić information content (AvgIpc) is 2.84. The number of aryl methyl sites for hydroxylation is 1. The summed E-state index contributed by atoms with van der Waals surface area (Å²) >= 11 is 6.21. The summed E-state index contributed by atoms with van der Waals surface area (Å²) in [5.41, 5.74) is 1.03. The Morgan fingerprint density at radius 1 is 0.943 bits per heavy atom. The summed E-state index contributed by atoms with van der Waals surface area (Å²) in [6, 6.07) is 21.0. The topological polar surface area (TPSA) is 40.6 Å². The first kappa shape index (κ1) is 24.8. The molecule has 4 rings (SSSR count). The number of piperazine rings is 1. The van der Waals surface area contributed by atoms with Crippen molar-refractivity contribution >= 4 is 23.4 Å². The van der Waals surface area contributed by atoms with E-state index in [9.17, 15) is 22.8 Å². The standard InChI is InChI=1S/C27H24ClF3N2O2/c28-24-12-5-4-11-23(24)26(35)32-17-22(14-13-19-7-2-1-3-8-19)33(25(34)18-32)16-20-9-6-10-21(15-20)27(29,30)31/h1-12,15,22H,13-14,16-18H2/t22-/m0/s1. The number of halogens is 4. The fourth-order valence-corrected chi connectivity index (χ4v) is 4.54. The molecular formula is C27H24ClF3N2O2. The van der Waals surface area contributed by atoms with E-state index in [1.54, 1.807) is 35.2 Å². The van der Waals surface area contributed by atoms with Crippen molar-refractivity contribution in [3.8, 4) is 0 Å². The monoisotopic (exact) mass is 500 g/mol. The predicted molar refractivity (Wildman–Crippen MR) is 128 cm³/mol. The highest BCUT2D eigenvalue weighted by molar-refractivity contribution is 6.33. The molecule has 1 aliphatic heterocycles. The third-order valence-electron chi connectivity index (χ3n) is 6.13. The fraction of sp³-hybridized carbons (Fsp3) is 0.259. The molecule has 1 atom stereocenters. The van der Waals surface area contributed by atoms with E-state index in [2.05, 4.69) is 0 Å². The minimum absolute atomic E-state index is 0.0380. The summed E-state index contributed by atoms with van der Waals surface area (Å²) in [5, 5.41) is 0.303. The molecular weight excluding hydrogens is 477 g/mol. The van der Waals surface area contributed by atoms with Crippen molar-refractivity contribution in [1.82, 2.24) is 9.80 Å². The van der Waals surface area contributed by atoms with Gasteiger partial charge < -0.3 is 9.80 Å². The van der Waals surface area contributed by atoms with Crippen LogP contribution >= 0.6 is 11.6 Å². The molecule has 0 unspecified atom stereocenters. The van der Waals surface area contributed by atoms with E-state index in [1.807, 2.05) is 30.3 Å². The summed E-state index contributed by atoms with van der Waals surface area (Å²) in [6.07, 6.45) is -3.25. The van der Waals surface area contributed by atoms with Crippen LogP contribution in [-0.2, 0) is 23.9 Å². The number of carbonyl (C=O) groups excluding carboxylic acids is 2. The van der Waals surface area contributed by atoms with E-state index < -0.39 is 11.7 Å². The Balaban J connectivity index is 1.58. The van der Waals surface area contributed by atoms with Crippen molar-refractivity contribution in [3.63, 3.8) is 0 Å². The highest BCUT2D eigenvalue weighted by Crippen LogP contribution is 2.30. The van der Waals surface area contributed by atoms with Crippen molar-refractivity contribution in [3.05, 3.63) is 106 Å². The molecule has 0 aromatic heterocycles. The number of carbonyl (C=O) groups is 2. The third kappa shape index (κ3) is 6.03. The molecule has 0 bridgehead atoms. The number of benzene rings is 3. The first-order valence-electron chi connectivity index (χ1n) is 11.3. The van der Waals surface area contributed by atoms with Crippen molar-refractivity contribution in [2.24, 2.45) is 0 Å². The number of hydrogen-bond donors (Lipinski definition) is 0. The van der Waals surface area contributed by atoms with Gasteiger partial charge in [0.1, 0.15) is 6.54 Å². The zero-order valence-electron chi connectivity index (χ0n) is 18.8. The summed E-state index contributed by atoms with van der Waals surface area (Å²) in [6.45, 7) is 0.142. The van der Waals surface area contributed by atoms with Crippen LogP contribution in [0, 0.1) is 0 Å². The van der Waals surface area contributed by atoms with Gasteiger partial charge in [-0.1, -0.05) is 66.2 Å². The Morgan fingerprint density at radius 2 is 1.63 bits per heavy atom. The number of hydrogen-bond acceptors (Lipinski definition) is 2. The van der Waals surface area contributed by atoms with Gasteiger partial charge in [-0.05, 0) is 48.2 Å². The normalized spacial score (nSPS) is 16.5. The minimum atomic E-state index is -4.47. The minimum Gasteiger partial charge on any atom is -0.332 e. The number of rotatable bonds is 6. The lowest BCUT2D eigenvalue weighted by Gasteiger charge is -2.41. The predicted octanol–water partition coefficient (Wildman–Crippen LogP) is 5.84. The van der Waals surface area contributed by atoms with Crippen LogP contribution in [0.4, 0.5) is 13.2 Å². The summed E-state index contributed by atoms with van der Waals surface area (Å²) in [4.78, 5) is 29.4. The van der Waals surface area contributed by atoms with E-state index in [-0.39, 0.29) is 37.5 Å². The van der Waals surface area contributed by atoms with Crippen LogP contribution < -0.4 is 0 Å². The SMILES string of the molecule is O=C(c1ccccc1Cl)N1CC(=O)N(Cc2cccc(C(F)(F)F)c2)[C@@H](CCc2ccccc2)C1. The molecule has 182 valence electrons. The Hall–Kier alpha value is -3.32. The van der Waals surface area contributed by atoms with Crippen molar-refractivity contribution in [2.45, 2.75) is 31.6 Å². The maximum absolute atomic E-state index is 13.2. The second-order valence-electron chi connectivity index (χ2n) is 8.56. The average molecular weight is 501 g/mol.